The Balaban J connectivity index is 1.51. The Morgan fingerprint density at radius 1 is 1.30 bits per heavy atom. The highest BCUT2D eigenvalue weighted by atomic mass is 32.2. The van der Waals surface area contributed by atoms with Crippen LogP contribution in [0.2, 0.25) is 0 Å². The summed E-state index contributed by atoms with van der Waals surface area (Å²) in [4.78, 5) is 29.0. The molecular formula is C19H24N2O5S. The maximum atomic E-state index is 13.1. The topological polar surface area (TPSA) is 84.0 Å². The highest BCUT2D eigenvalue weighted by Gasteiger charge is 2.43. The van der Waals surface area contributed by atoms with Crippen LogP contribution in [0, 0.1) is 5.92 Å². The molecule has 2 saturated heterocycles. The maximum absolute atomic E-state index is 13.1. The smallest absolute Gasteiger partial charge is 0.232 e. The first-order chi connectivity index (χ1) is 12.9. The van der Waals surface area contributed by atoms with Crippen LogP contribution in [0.15, 0.2) is 18.2 Å². The summed E-state index contributed by atoms with van der Waals surface area (Å²) in [6, 6.07) is 5.44. The molecule has 0 radical (unpaired) electrons. The third-order valence-electron chi connectivity index (χ3n) is 5.83. The number of rotatable bonds is 3. The standard InChI is InChI=1S/C19H24N2O5S/c1-26-16-4-5-17-13(9-16)3-2-7-20(17)19(23)14-10-18(22)21(11-14)15-6-8-27(24,25)12-15/h4-5,9,14-15H,2-3,6-8,10-12H2,1H3/t14-,15-/m0/s1. The van der Waals surface area contributed by atoms with Gasteiger partial charge in [0.25, 0.3) is 0 Å². The second-order valence-electron chi connectivity index (χ2n) is 7.59. The Kier molecular flexibility index (Phi) is 4.61. The molecule has 2 amide bonds. The Labute approximate surface area is 159 Å². The summed E-state index contributed by atoms with van der Waals surface area (Å²) >= 11 is 0. The molecule has 3 aliphatic heterocycles. The van der Waals surface area contributed by atoms with Crippen molar-refractivity contribution < 1.29 is 22.7 Å². The monoisotopic (exact) mass is 392 g/mol. The molecule has 1 aromatic rings. The quantitative estimate of drug-likeness (QED) is 0.767. The van der Waals surface area contributed by atoms with Crippen LogP contribution in [-0.4, -0.2) is 62.9 Å². The average molecular weight is 392 g/mol. The summed E-state index contributed by atoms with van der Waals surface area (Å²) in [5.41, 5.74) is 1.97. The molecule has 4 rings (SSSR count). The van der Waals surface area contributed by atoms with Crippen LogP contribution in [-0.2, 0) is 25.8 Å². The molecule has 2 fully saturated rings. The zero-order chi connectivity index (χ0) is 19.2. The largest absolute Gasteiger partial charge is 0.497 e. The Bertz CT molecular complexity index is 882. The van der Waals surface area contributed by atoms with Crippen LogP contribution in [0.5, 0.6) is 5.75 Å². The van der Waals surface area contributed by atoms with Crippen molar-refractivity contribution in [2.45, 2.75) is 31.7 Å². The zero-order valence-corrected chi connectivity index (χ0v) is 16.2. The van der Waals surface area contributed by atoms with Crippen molar-refractivity contribution in [1.82, 2.24) is 4.90 Å². The van der Waals surface area contributed by atoms with E-state index in [0.717, 1.165) is 29.8 Å². The zero-order valence-electron chi connectivity index (χ0n) is 15.4. The molecule has 0 bridgehead atoms. The molecule has 8 heteroatoms. The van der Waals surface area contributed by atoms with E-state index in [9.17, 15) is 18.0 Å². The number of carbonyl (C=O) groups excluding carboxylic acids is 2. The molecule has 0 unspecified atom stereocenters. The van der Waals surface area contributed by atoms with E-state index in [0.29, 0.717) is 19.5 Å². The van der Waals surface area contributed by atoms with Gasteiger partial charge in [-0.25, -0.2) is 8.42 Å². The normalized spacial score (nSPS) is 26.9. The highest BCUT2D eigenvalue weighted by molar-refractivity contribution is 7.91. The lowest BCUT2D eigenvalue weighted by molar-refractivity contribution is -0.129. The number of hydrogen-bond donors (Lipinski definition) is 0. The fourth-order valence-electron chi connectivity index (χ4n) is 4.42. The van der Waals surface area contributed by atoms with Crippen LogP contribution >= 0.6 is 0 Å². The average Bonchev–Trinajstić information content (AvgIpc) is 3.22. The van der Waals surface area contributed by atoms with Gasteiger partial charge in [-0.05, 0) is 43.0 Å². The number of hydrogen-bond acceptors (Lipinski definition) is 5. The minimum Gasteiger partial charge on any atom is -0.497 e. The summed E-state index contributed by atoms with van der Waals surface area (Å²) in [7, 11) is -1.44. The van der Waals surface area contributed by atoms with Gasteiger partial charge in [0.05, 0.1) is 24.5 Å². The minimum absolute atomic E-state index is 0.0198. The molecule has 0 aliphatic carbocycles. The number of nitrogens with zero attached hydrogens (tertiary/aromatic N) is 2. The lowest BCUT2D eigenvalue weighted by Gasteiger charge is -2.32. The fourth-order valence-corrected chi connectivity index (χ4v) is 6.15. The second kappa shape index (κ2) is 6.82. The van der Waals surface area contributed by atoms with Crippen molar-refractivity contribution in [3.05, 3.63) is 23.8 Å². The SMILES string of the molecule is COc1ccc2c(c1)CCCN2C(=O)[C@H]1CC(=O)N([C@H]2CCS(=O)(=O)C2)C1. The Morgan fingerprint density at radius 3 is 2.81 bits per heavy atom. The van der Waals surface area contributed by atoms with Gasteiger partial charge in [0.15, 0.2) is 9.84 Å². The van der Waals surface area contributed by atoms with E-state index in [1.54, 1.807) is 16.9 Å². The number of carbonyl (C=O) groups is 2. The van der Waals surface area contributed by atoms with Crippen molar-refractivity contribution in [2.75, 3.05) is 36.6 Å². The van der Waals surface area contributed by atoms with E-state index in [2.05, 4.69) is 0 Å². The Hall–Kier alpha value is -2.09. The molecule has 7 nitrogen and oxygen atoms in total. The van der Waals surface area contributed by atoms with Gasteiger partial charge in [0, 0.05) is 31.2 Å². The van der Waals surface area contributed by atoms with Crippen LogP contribution < -0.4 is 9.64 Å². The third-order valence-corrected chi connectivity index (χ3v) is 7.58. The van der Waals surface area contributed by atoms with E-state index < -0.39 is 15.8 Å². The number of ether oxygens (including phenoxy) is 1. The van der Waals surface area contributed by atoms with Crippen molar-refractivity contribution in [3.63, 3.8) is 0 Å². The van der Waals surface area contributed by atoms with Gasteiger partial charge in [-0.1, -0.05) is 0 Å². The number of benzene rings is 1. The number of aryl methyl sites for hydroxylation is 1. The van der Waals surface area contributed by atoms with E-state index in [1.807, 2.05) is 18.2 Å². The van der Waals surface area contributed by atoms with Gasteiger partial charge in [-0.15, -0.1) is 0 Å². The van der Waals surface area contributed by atoms with Crippen LogP contribution in [0.25, 0.3) is 0 Å². The van der Waals surface area contributed by atoms with E-state index in [1.165, 1.54) is 0 Å². The van der Waals surface area contributed by atoms with Crippen LogP contribution in [0.1, 0.15) is 24.8 Å². The molecule has 0 spiro atoms. The molecular weight excluding hydrogens is 368 g/mol. The Morgan fingerprint density at radius 2 is 2.11 bits per heavy atom. The van der Waals surface area contributed by atoms with Gasteiger partial charge in [-0.2, -0.15) is 0 Å². The minimum atomic E-state index is -3.06. The third kappa shape index (κ3) is 3.42. The number of amides is 2. The first-order valence-corrected chi connectivity index (χ1v) is 11.2. The summed E-state index contributed by atoms with van der Waals surface area (Å²) in [5, 5.41) is 0. The molecule has 3 aliphatic rings. The maximum Gasteiger partial charge on any atom is 0.232 e. The van der Waals surface area contributed by atoms with Gasteiger partial charge < -0.3 is 14.5 Å². The van der Waals surface area contributed by atoms with E-state index in [4.69, 9.17) is 4.74 Å². The number of methoxy groups -OCH3 is 1. The summed E-state index contributed by atoms with van der Waals surface area (Å²) in [6.45, 7) is 0.959. The molecule has 0 aromatic heterocycles. The molecule has 2 atom stereocenters. The van der Waals surface area contributed by atoms with Gasteiger partial charge >= 0.3 is 0 Å². The van der Waals surface area contributed by atoms with Crippen molar-refractivity contribution in [2.24, 2.45) is 5.92 Å². The van der Waals surface area contributed by atoms with E-state index in [-0.39, 0.29) is 35.8 Å². The number of sulfone groups is 1. The predicted octanol–water partition coefficient (Wildman–Crippen LogP) is 1.01. The number of anilines is 1. The summed E-state index contributed by atoms with van der Waals surface area (Å²) < 4.78 is 28.7. The molecule has 3 heterocycles. The fraction of sp³-hybridized carbons (Fsp3) is 0.579. The van der Waals surface area contributed by atoms with Crippen molar-refractivity contribution in [1.29, 1.82) is 0 Å². The molecule has 0 N–H and O–H groups in total. The molecule has 0 saturated carbocycles. The number of fused-ring (bicyclic) bond motifs is 1. The lowest BCUT2D eigenvalue weighted by Crippen LogP contribution is -2.42. The van der Waals surface area contributed by atoms with Crippen LogP contribution in [0.3, 0.4) is 0 Å². The summed E-state index contributed by atoms with van der Waals surface area (Å²) in [5.74, 6) is 0.356. The predicted molar refractivity (Wildman–Crippen MR) is 101 cm³/mol. The first kappa shape index (κ1) is 18.3. The molecule has 146 valence electrons. The first-order valence-electron chi connectivity index (χ1n) is 9.36. The van der Waals surface area contributed by atoms with Gasteiger partial charge in [-0.3, -0.25) is 9.59 Å². The highest BCUT2D eigenvalue weighted by Crippen LogP contribution is 2.34. The lowest BCUT2D eigenvalue weighted by atomic mass is 9.98. The van der Waals surface area contributed by atoms with Crippen molar-refractivity contribution in [3.8, 4) is 5.75 Å². The molecule has 27 heavy (non-hydrogen) atoms. The number of likely N-dealkylation sites (tertiary alicyclic amines) is 1. The van der Waals surface area contributed by atoms with Crippen molar-refractivity contribution >= 4 is 27.3 Å². The van der Waals surface area contributed by atoms with E-state index >= 15 is 0 Å². The van der Waals surface area contributed by atoms with Gasteiger partial charge in [0.2, 0.25) is 11.8 Å². The molecule has 1 aromatic carbocycles. The van der Waals surface area contributed by atoms with Gasteiger partial charge in [0.1, 0.15) is 5.75 Å². The second-order valence-corrected chi connectivity index (χ2v) is 9.82. The van der Waals surface area contributed by atoms with Crippen LogP contribution in [0.4, 0.5) is 5.69 Å². The summed E-state index contributed by atoms with van der Waals surface area (Å²) in [6.07, 6.45) is 2.40.